The van der Waals surface area contributed by atoms with Crippen LogP contribution < -0.4 is 10.9 Å². The number of nitrogens with zero attached hydrogens (tertiary/aromatic N) is 1. The lowest BCUT2D eigenvalue weighted by atomic mass is 10.1. The van der Waals surface area contributed by atoms with E-state index >= 15 is 0 Å². The van der Waals surface area contributed by atoms with Crippen LogP contribution in [0.3, 0.4) is 0 Å². The Morgan fingerprint density at radius 2 is 1.84 bits per heavy atom. The number of thioether (sulfide) groups is 1. The van der Waals surface area contributed by atoms with Crippen molar-refractivity contribution >= 4 is 52.1 Å². The quantitative estimate of drug-likeness (QED) is 0.327. The normalized spacial score (nSPS) is 14.7. The summed E-state index contributed by atoms with van der Waals surface area (Å²) in [6.45, 7) is 2.39. The Morgan fingerprint density at radius 3 is 2.53 bits per heavy atom. The van der Waals surface area contributed by atoms with Gasteiger partial charge in [0.15, 0.2) is 0 Å². The predicted octanol–water partition coefficient (Wildman–Crippen LogP) is 3.40. The number of para-hydroxylation sites is 1. The third-order valence-corrected chi connectivity index (χ3v) is 6.19. The van der Waals surface area contributed by atoms with Crippen molar-refractivity contribution in [3.63, 3.8) is 0 Å². The van der Waals surface area contributed by atoms with Gasteiger partial charge in [-0.25, -0.2) is 0 Å². The van der Waals surface area contributed by atoms with E-state index in [0.29, 0.717) is 22.2 Å². The molecular formula is C23H23N3O4S2. The highest BCUT2D eigenvalue weighted by Gasteiger charge is 2.31. The standard InChI is InChI=1S/C23H23N3O4S2/c1-2-15-9-11-16(12-10-15)14-19-22(30)26(23(31)32-19)13-5-8-20(28)24-25-21(29)17-6-3-4-7-18(17)27/h3-4,6-7,9-12,14,27H,2,5,8,13H2,1H3,(H,24,28)(H,25,29)/b19-14+. The van der Waals surface area contributed by atoms with Gasteiger partial charge in [-0.1, -0.05) is 67.3 Å². The fraction of sp³-hybridized carbons (Fsp3) is 0.217. The van der Waals surface area contributed by atoms with Crippen LogP contribution in [-0.4, -0.2) is 38.6 Å². The minimum atomic E-state index is -0.620. The van der Waals surface area contributed by atoms with Crippen LogP contribution in [0.1, 0.15) is 41.3 Å². The number of carbonyl (C=O) groups is 3. The van der Waals surface area contributed by atoms with Crippen LogP contribution in [0, 0.1) is 0 Å². The summed E-state index contributed by atoms with van der Waals surface area (Å²) in [7, 11) is 0. The van der Waals surface area contributed by atoms with Gasteiger partial charge in [-0.05, 0) is 42.2 Å². The SMILES string of the molecule is CCc1ccc(/C=C2/SC(=S)N(CCCC(=O)NNC(=O)c3ccccc3O)C2=O)cc1. The molecule has 3 amide bonds. The number of phenols is 1. The number of aryl methyl sites for hydroxylation is 1. The maximum Gasteiger partial charge on any atom is 0.273 e. The number of benzene rings is 2. The molecule has 3 N–H and O–H groups in total. The number of phenolic OH excluding ortho intramolecular Hbond substituents is 1. The van der Waals surface area contributed by atoms with Crippen molar-refractivity contribution in [1.29, 1.82) is 0 Å². The zero-order valence-electron chi connectivity index (χ0n) is 17.5. The lowest BCUT2D eigenvalue weighted by molar-refractivity contribution is -0.124. The second-order valence-electron chi connectivity index (χ2n) is 7.05. The van der Waals surface area contributed by atoms with Crippen LogP contribution in [-0.2, 0) is 16.0 Å². The van der Waals surface area contributed by atoms with E-state index in [1.54, 1.807) is 12.1 Å². The number of thiocarbonyl (C=S) groups is 1. The summed E-state index contributed by atoms with van der Waals surface area (Å²) in [6, 6.07) is 14.0. The number of carbonyl (C=O) groups excluding carboxylic acids is 3. The summed E-state index contributed by atoms with van der Waals surface area (Å²) >= 11 is 6.57. The van der Waals surface area contributed by atoms with Gasteiger partial charge in [0.2, 0.25) is 5.91 Å². The number of amides is 3. The van der Waals surface area contributed by atoms with Gasteiger partial charge >= 0.3 is 0 Å². The summed E-state index contributed by atoms with van der Waals surface area (Å²) in [5.74, 6) is -1.38. The molecule has 0 aromatic heterocycles. The minimum absolute atomic E-state index is 0.0569. The Labute approximate surface area is 195 Å². The van der Waals surface area contributed by atoms with Crippen molar-refractivity contribution in [3.8, 4) is 5.75 Å². The van der Waals surface area contributed by atoms with Crippen molar-refractivity contribution in [2.75, 3.05) is 6.54 Å². The van der Waals surface area contributed by atoms with Gasteiger partial charge in [0.25, 0.3) is 11.8 Å². The fourth-order valence-corrected chi connectivity index (χ4v) is 4.32. The zero-order valence-corrected chi connectivity index (χ0v) is 19.1. The molecule has 7 nitrogen and oxygen atoms in total. The molecule has 166 valence electrons. The van der Waals surface area contributed by atoms with Crippen molar-refractivity contribution in [1.82, 2.24) is 15.8 Å². The third-order valence-electron chi connectivity index (χ3n) is 4.81. The molecule has 3 rings (SSSR count). The average molecular weight is 470 g/mol. The average Bonchev–Trinajstić information content (AvgIpc) is 3.05. The molecule has 0 aliphatic carbocycles. The first-order chi connectivity index (χ1) is 15.4. The van der Waals surface area contributed by atoms with Crippen molar-refractivity contribution in [3.05, 3.63) is 70.1 Å². The highest BCUT2D eigenvalue weighted by Crippen LogP contribution is 2.32. The first-order valence-electron chi connectivity index (χ1n) is 10.1. The van der Waals surface area contributed by atoms with E-state index in [2.05, 4.69) is 17.8 Å². The Morgan fingerprint density at radius 1 is 1.12 bits per heavy atom. The highest BCUT2D eigenvalue weighted by atomic mass is 32.2. The molecule has 0 radical (unpaired) electrons. The molecule has 0 saturated carbocycles. The summed E-state index contributed by atoms with van der Waals surface area (Å²) in [5.41, 5.74) is 6.78. The Kier molecular flexibility index (Phi) is 8.02. The van der Waals surface area contributed by atoms with E-state index in [1.165, 1.54) is 34.4 Å². The highest BCUT2D eigenvalue weighted by molar-refractivity contribution is 8.26. The topological polar surface area (TPSA) is 98.7 Å². The Bertz CT molecular complexity index is 1070. The van der Waals surface area contributed by atoms with Gasteiger partial charge in [-0.3, -0.25) is 30.1 Å². The number of nitrogens with one attached hydrogen (secondary N) is 2. The first-order valence-corrected chi connectivity index (χ1v) is 11.3. The molecule has 1 aliphatic heterocycles. The van der Waals surface area contributed by atoms with E-state index < -0.39 is 11.8 Å². The molecule has 2 aromatic rings. The molecule has 0 bridgehead atoms. The van der Waals surface area contributed by atoms with Crippen molar-refractivity contribution in [2.24, 2.45) is 0 Å². The zero-order chi connectivity index (χ0) is 23.1. The number of hydrazine groups is 1. The predicted molar refractivity (Wildman–Crippen MR) is 129 cm³/mol. The van der Waals surface area contributed by atoms with Crippen LogP contribution >= 0.6 is 24.0 Å². The lowest BCUT2D eigenvalue weighted by Gasteiger charge is -2.14. The van der Waals surface area contributed by atoms with E-state index in [1.807, 2.05) is 30.3 Å². The van der Waals surface area contributed by atoms with Crippen LogP contribution in [0.5, 0.6) is 5.75 Å². The second kappa shape index (κ2) is 10.9. The number of aromatic hydroxyl groups is 1. The molecule has 1 heterocycles. The van der Waals surface area contributed by atoms with Crippen molar-refractivity contribution < 1.29 is 19.5 Å². The monoisotopic (exact) mass is 469 g/mol. The van der Waals surface area contributed by atoms with E-state index in [0.717, 1.165) is 12.0 Å². The van der Waals surface area contributed by atoms with Gasteiger partial charge in [0.05, 0.1) is 10.5 Å². The van der Waals surface area contributed by atoms with Crippen LogP contribution in [0.25, 0.3) is 6.08 Å². The minimum Gasteiger partial charge on any atom is -0.507 e. The van der Waals surface area contributed by atoms with Gasteiger partial charge < -0.3 is 5.11 Å². The van der Waals surface area contributed by atoms with Crippen LogP contribution in [0.4, 0.5) is 0 Å². The molecule has 1 saturated heterocycles. The molecule has 32 heavy (non-hydrogen) atoms. The maximum atomic E-state index is 12.7. The summed E-state index contributed by atoms with van der Waals surface area (Å²) < 4.78 is 0.458. The summed E-state index contributed by atoms with van der Waals surface area (Å²) in [5, 5.41) is 9.67. The van der Waals surface area contributed by atoms with Gasteiger partial charge in [0.1, 0.15) is 10.1 Å². The van der Waals surface area contributed by atoms with Crippen LogP contribution in [0.2, 0.25) is 0 Å². The first kappa shape index (κ1) is 23.5. The molecule has 1 aliphatic rings. The fourth-order valence-electron chi connectivity index (χ4n) is 3.01. The summed E-state index contributed by atoms with van der Waals surface area (Å²) in [4.78, 5) is 38.7. The van der Waals surface area contributed by atoms with Gasteiger partial charge in [-0.15, -0.1) is 0 Å². The third kappa shape index (κ3) is 5.95. The smallest absolute Gasteiger partial charge is 0.273 e. The number of hydrogen-bond donors (Lipinski definition) is 3. The molecule has 0 unspecified atom stereocenters. The molecule has 9 heteroatoms. The van der Waals surface area contributed by atoms with E-state index in [9.17, 15) is 19.5 Å². The molecular weight excluding hydrogens is 446 g/mol. The second-order valence-corrected chi connectivity index (χ2v) is 8.73. The van der Waals surface area contributed by atoms with Gasteiger partial charge in [-0.2, -0.15) is 0 Å². The largest absolute Gasteiger partial charge is 0.507 e. The number of rotatable bonds is 7. The van der Waals surface area contributed by atoms with Crippen molar-refractivity contribution in [2.45, 2.75) is 26.2 Å². The molecule has 0 spiro atoms. The maximum absolute atomic E-state index is 12.7. The number of hydrogen-bond acceptors (Lipinski definition) is 6. The van der Waals surface area contributed by atoms with Gasteiger partial charge in [0, 0.05) is 13.0 Å². The molecule has 2 aromatic carbocycles. The lowest BCUT2D eigenvalue weighted by Crippen LogP contribution is -2.42. The molecule has 0 atom stereocenters. The van der Waals surface area contributed by atoms with E-state index in [4.69, 9.17) is 12.2 Å². The van der Waals surface area contributed by atoms with Crippen LogP contribution in [0.15, 0.2) is 53.4 Å². The summed E-state index contributed by atoms with van der Waals surface area (Å²) in [6.07, 6.45) is 3.24. The van der Waals surface area contributed by atoms with E-state index in [-0.39, 0.29) is 23.6 Å². The Balaban J connectivity index is 1.47. The molecule has 1 fully saturated rings. The Hall–Kier alpha value is -3.17.